The molecule has 0 fully saturated rings. The summed E-state index contributed by atoms with van der Waals surface area (Å²) in [5.41, 5.74) is 2.38. The Morgan fingerprint density at radius 3 is 2.53 bits per heavy atom. The van der Waals surface area contributed by atoms with E-state index in [0.717, 1.165) is 37.7 Å². The van der Waals surface area contributed by atoms with Gasteiger partial charge in [-0.25, -0.2) is 0 Å². The first-order valence-electron chi connectivity index (χ1n) is 6.81. The molecule has 0 saturated carbocycles. The van der Waals surface area contributed by atoms with E-state index >= 15 is 0 Å². The third-order valence-electron chi connectivity index (χ3n) is 2.96. The highest BCUT2D eigenvalue weighted by Crippen LogP contribution is 2.03. The van der Waals surface area contributed by atoms with Gasteiger partial charge in [-0.2, -0.15) is 5.10 Å². The van der Waals surface area contributed by atoms with Crippen LogP contribution in [0.15, 0.2) is 6.07 Å². The van der Waals surface area contributed by atoms with E-state index in [9.17, 15) is 0 Å². The van der Waals surface area contributed by atoms with Crippen LogP contribution in [-0.2, 0) is 6.54 Å². The number of rotatable bonds is 8. The number of nitrogens with zero attached hydrogens (tertiary/aromatic N) is 2. The zero-order valence-electron chi connectivity index (χ0n) is 11.8. The van der Waals surface area contributed by atoms with Crippen molar-refractivity contribution in [3.8, 4) is 0 Å². The molecule has 0 radical (unpaired) electrons. The molecule has 1 aromatic heterocycles. The Morgan fingerprint density at radius 2 is 1.94 bits per heavy atom. The molecule has 0 aliphatic rings. The summed E-state index contributed by atoms with van der Waals surface area (Å²) in [7, 11) is 0. The number of nitrogens with one attached hydrogen (secondary N) is 1. The second kappa shape index (κ2) is 7.49. The lowest BCUT2D eigenvalue weighted by Crippen LogP contribution is -2.19. The van der Waals surface area contributed by atoms with E-state index < -0.39 is 0 Å². The molecule has 0 saturated heterocycles. The molecule has 0 spiro atoms. The Kier molecular flexibility index (Phi) is 6.27. The van der Waals surface area contributed by atoms with Crippen molar-refractivity contribution in [3.05, 3.63) is 17.5 Å². The molecule has 3 nitrogen and oxygen atoms in total. The molecule has 1 N–H and O–H groups in total. The van der Waals surface area contributed by atoms with Gasteiger partial charge in [0.1, 0.15) is 0 Å². The highest BCUT2D eigenvalue weighted by Gasteiger charge is 1.99. The molecule has 0 bridgehead atoms. The highest BCUT2D eigenvalue weighted by molar-refractivity contribution is 5.06. The van der Waals surface area contributed by atoms with Gasteiger partial charge in [0.2, 0.25) is 0 Å². The Bertz CT molecular complexity index is 315. The average molecular weight is 237 g/mol. The minimum Gasteiger partial charge on any atom is -0.317 e. The Balaban J connectivity index is 2.03. The van der Waals surface area contributed by atoms with Crippen LogP contribution in [0.2, 0.25) is 0 Å². The first-order chi connectivity index (χ1) is 8.09. The van der Waals surface area contributed by atoms with Crippen molar-refractivity contribution in [2.24, 2.45) is 5.92 Å². The Hall–Kier alpha value is -0.830. The monoisotopic (exact) mass is 237 g/mol. The first kappa shape index (κ1) is 14.2. The number of hydrogen-bond acceptors (Lipinski definition) is 2. The van der Waals surface area contributed by atoms with Crippen LogP contribution in [0.4, 0.5) is 0 Å². The van der Waals surface area contributed by atoms with Crippen LogP contribution in [0.25, 0.3) is 0 Å². The molecule has 0 atom stereocenters. The zero-order valence-corrected chi connectivity index (χ0v) is 11.8. The molecule has 17 heavy (non-hydrogen) atoms. The third-order valence-corrected chi connectivity index (χ3v) is 2.96. The van der Waals surface area contributed by atoms with Gasteiger partial charge in [0.25, 0.3) is 0 Å². The summed E-state index contributed by atoms with van der Waals surface area (Å²) in [6, 6.07) is 2.13. The lowest BCUT2D eigenvalue weighted by atomic mass is 10.1. The SMILES string of the molecule is Cc1cc(C)n(CCCNCCCC(C)C)n1. The van der Waals surface area contributed by atoms with Crippen LogP contribution >= 0.6 is 0 Å². The Labute approximate surface area is 106 Å². The molecule has 0 aliphatic heterocycles. The fourth-order valence-corrected chi connectivity index (χ4v) is 2.02. The Morgan fingerprint density at radius 1 is 1.24 bits per heavy atom. The van der Waals surface area contributed by atoms with Gasteiger partial charge in [0, 0.05) is 12.2 Å². The smallest absolute Gasteiger partial charge is 0.0596 e. The number of aryl methyl sites for hydroxylation is 3. The van der Waals surface area contributed by atoms with Gasteiger partial charge in [0.15, 0.2) is 0 Å². The molecular weight excluding hydrogens is 210 g/mol. The predicted octanol–water partition coefficient (Wildman–Crippen LogP) is 2.92. The second-order valence-electron chi connectivity index (χ2n) is 5.29. The standard InChI is InChI=1S/C14H27N3/c1-12(2)7-5-8-15-9-6-10-17-14(4)11-13(3)16-17/h11-12,15H,5-10H2,1-4H3. The average Bonchev–Trinajstić information content (AvgIpc) is 2.55. The molecule has 1 heterocycles. The van der Waals surface area contributed by atoms with Crippen molar-refractivity contribution in [2.75, 3.05) is 13.1 Å². The summed E-state index contributed by atoms with van der Waals surface area (Å²) in [5, 5.41) is 7.95. The first-order valence-corrected chi connectivity index (χ1v) is 6.81. The second-order valence-corrected chi connectivity index (χ2v) is 5.29. The van der Waals surface area contributed by atoms with Gasteiger partial charge in [-0.05, 0) is 58.2 Å². The van der Waals surface area contributed by atoms with Crippen LogP contribution in [0.3, 0.4) is 0 Å². The summed E-state index contributed by atoms with van der Waals surface area (Å²) in [6.45, 7) is 12.0. The minimum absolute atomic E-state index is 0.825. The third kappa shape index (κ3) is 5.87. The van der Waals surface area contributed by atoms with Crippen LogP contribution in [-0.4, -0.2) is 22.9 Å². The predicted molar refractivity (Wildman–Crippen MR) is 73.3 cm³/mol. The van der Waals surface area contributed by atoms with E-state index in [4.69, 9.17) is 0 Å². The molecule has 1 rings (SSSR count). The number of hydrogen-bond donors (Lipinski definition) is 1. The summed E-state index contributed by atoms with van der Waals surface area (Å²) in [4.78, 5) is 0. The quantitative estimate of drug-likeness (QED) is 0.705. The van der Waals surface area contributed by atoms with Gasteiger partial charge in [-0.1, -0.05) is 13.8 Å². The maximum atomic E-state index is 4.46. The molecule has 3 heteroatoms. The zero-order chi connectivity index (χ0) is 12.7. The van der Waals surface area contributed by atoms with E-state index in [1.165, 1.54) is 18.5 Å². The summed E-state index contributed by atoms with van der Waals surface area (Å²) < 4.78 is 2.10. The van der Waals surface area contributed by atoms with Crippen molar-refractivity contribution in [3.63, 3.8) is 0 Å². The van der Waals surface area contributed by atoms with Gasteiger partial charge >= 0.3 is 0 Å². The molecule has 1 aromatic rings. The molecular formula is C14H27N3. The largest absolute Gasteiger partial charge is 0.317 e. The summed E-state index contributed by atoms with van der Waals surface area (Å²) in [6.07, 6.45) is 3.77. The fraction of sp³-hybridized carbons (Fsp3) is 0.786. The molecule has 98 valence electrons. The van der Waals surface area contributed by atoms with E-state index in [2.05, 4.69) is 41.9 Å². The van der Waals surface area contributed by atoms with Crippen LogP contribution in [0, 0.1) is 19.8 Å². The molecule has 0 amide bonds. The van der Waals surface area contributed by atoms with Crippen molar-refractivity contribution in [2.45, 2.75) is 53.5 Å². The van der Waals surface area contributed by atoms with E-state index in [-0.39, 0.29) is 0 Å². The van der Waals surface area contributed by atoms with Crippen molar-refractivity contribution in [1.82, 2.24) is 15.1 Å². The topological polar surface area (TPSA) is 29.9 Å². The van der Waals surface area contributed by atoms with Gasteiger partial charge in [-0.3, -0.25) is 4.68 Å². The van der Waals surface area contributed by atoms with E-state index in [1.54, 1.807) is 0 Å². The van der Waals surface area contributed by atoms with Crippen LogP contribution in [0.5, 0.6) is 0 Å². The fourth-order valence-electron chi connectivity index (χ4n) is 2.02. The normalized spacial score (nSPS) is 11.4. The van der Waals surface area contributed by atoms with Gasteiger partial charge in [0.05, 0.1) is 5.69 Å². The highest BCUT2D eigenvalue weighted by atomic mass is 15.3. The summed E-state index contributed by atoms with van der Waals surface area (Å²) in [5.74, 6) is 0.825. The van der Waals surface area contributed by atoms with E-state index in [0.29, 0.717) is 0 Å². The maximum Gasteiger partial charge on any atom is 0.0596 e. The number of aromatic nitrogens is 2. The minimum atomic E-state index is 0.825. The van der Waals surface area contributed by atoms with E-state index in [1.807, 2.05) is 6.92 Å². The summed E-state index contributed by atoms with van der Waals surface area (Å²) >= 11 is 0. The molecule has 0 aromatic carbocycles. The van der Waals surface area contributed by atoms with Crippen molar-refractivity contribution >= 4 is 0 Å². The van der Waals surface area contributed by atoms with Crippen molar-refractivity contribution < 1.29 is 0 Å². The van der Waals surface area contributed by atoms with Gasteiger partial charge in [-0.15, -0.1) is 0 Å². The van der Waals surface area contributed by atoms with Crippen LogP contribution in [0.1, 0.15) is 44.5 Å². The van der Waals surface area contributed by atoms with Crippen LogP contribution < -0.4 is 5.32 Å². The lowest BCUT2D eigenvalue weighted by Gasteiger charge is -2.07. The van der Waals surface area contributed by atoms with Gasteiger partial charge < -0.3 is 5.32 Å². The lowest BCUT2D eigenvalue weighted by molar-refractivity contribution is 0.500. The molecule has 0 unspecified atom stereocenters. The van der Waals surface area contributed by atoms with Crippen molar-refractivity contribution in [1.29, 1.82) is 0 Å². The molecule has 0 aliphatic carbocycles. The maximum absolute atomic E-state index is 4.46.